The summed E-state index contributed by atoms with van der Waals surface area (Å²) in [7, 11) is 0. The predicted molar refractivity (Wildman–Crippen MR) is 79.5 cm³/mol. The van der Waals surface area contributed by atoms with Crippen molar-refractivity contribution in [3.8, 4) is 0 Å². The van der Waals surface area contributed by atoms with Gasteiger partial charge >= 0.3 is 0 Å². The number of aldehydes is 1. The molecule has 2 heterocycles. The summed E-state index contributed by atoms with van der Waals surface area (Å²) in [4.78, 5) is 18.8. The van der Waals surface area contributed by atoms with Crippen molar-refractivity contribution in [3.63, 3.8) is 0 Å². The molecule has 0 unspecified atom stereocenters. The maximum atomic E-state index is 10.7. The van der Waals surface area contributed by atoms with E-state index < -0.39 is 0 Å². The van der Waals surface area contributed by atoms with E-state index in [4.69, 9.17) is 23.2 Å². The summed E-state index contributed by atoms with van der Waals surface area (Å²) in [6, 6.07) is 4.75. The average molecular weight is 286 g/mol. The lowest BCUT2D eigenvalue weighted by atomic mass is 10.2. The number of nitrogen functional groups attached to an aromatic ring is 1. The van der Waals surface area contributed by atoms with Gasteiger partial charge in [-0.05, 0) is 18.2 Å². The minimum absolute atomic E-state index is 0.109. The van der Waals surface area contributed by atoms with Crippen molar-refractivity contribution in [1.29, 1.82) is 0 Å². The van der Waals surface area contributed by atoms with Crippen LogP contribution in [0.4, 0.5) is 17.2 Å². The smallest absolute Gasteiger partial charge is 0.170 e. The quantitative estimate of drug-likeness (QED) is 0.191. The summed E-state index contributed by atoms with van der Waals surface area (Å²) in [6.45, 7) is 0. The van der Waals surface area contributed by atoms with Crippen molar-refractivity contribution in [3.05, 3.63) is 41.9 Å². The lowest BCUT2D eigenvalue weighted by Gasteiger charge is -2.19. The van der Waals surface area contributed by atoms with Gasteiger partial charge in [0.1, 0.15) is 5.69 Å². The normalized spacial score (nSPS) is 11.2. The summed E-state index contributed by atoms with van der Waals surface area (Å²) < 4.78 is 0. The van der Waals surface area contributed by atoms with Gasteiger partial charge in [-0.3, -0.25) is 14.8 Å². The SMILES string of the molecule is N/N=C(\N)c1ccc(N(N)c2ncc(C=O)cc2N)cn1. The van der Waals surface area contributed by atoms with Crippen LogP contribution in [0.5, 0.6) is 0 Å². The highest BCUT2D eigenvalue weighted by atomic mass is 16.1. The third kappa shape index (κ3) is 2.87. The Kier molecular flexibility index (Phi) is 3.95. The molecule has 0 saturated heterocycles. The van der Waals surface area contributed by atoms with Gasteiger partial charge in [-0.15, -0.1) is 0 Å². The highest BCUT2D eigenvalue weighted by Gasteiger charge is 2.11. The molecule has 2 aromatic heterocycles. The summed E-state index contributed by atoms with van der Waals surface area (Å²) in [6.07, 6.45) is 3.50. The van der Waals surface area contributed by atoms with Gasteiger partial charge < -0.3 is 17.3 Å². The highest BCUT2D eigenvalue weighted by molar-refractivity contribution is 5.95. The van der Waals surface area contributed by atoms with E-state index in [0.29, 0.717) is 29.0 Å². The van der Waals surface area contributed by atoms with Gasteiger partial charge in [0, 0.05) is 11.8 Å². The number of amidine groups is 1. The molecule has 0 saturated carbocycles. The average Bonchev–Trinajstić information content (AvgIpc) is 2.53. The Morgan fingerprint density at radius 1 is 1.29 bits per heavy atom. The van der Waals surface area contributed by atoms with Crippen molar-refractivity contribution in [2.45, 2.75) is 0 Å². The Morgan fingerprint density at radius 2 is 2.05 bits per heavy atom. The molecule has 0 aromatic carbocycles. The largest absolute Gasteiger partial charge is 0.396 e. The van der Waals surface area contributed by atoms with Crippen molar-refractivity contribution < 1.29 is 4.79 Å². The number of hydrazone groups is 1. The van der Waals surface area contributed by atoms with Crippen molar-refractivity contribution in [1.82, 2.24) is 9.97 Å². The maximum Gasteiger partial charge on any atom is 0.170 e. The molecule has 0 spiro atoms. The fourth-order valence-electron chi connectivity index (χ4n) is 1.63. The molecule has 2 rings (SSSR count). The van der Waals surface area contributed by atoms with Gasteiger partial charge in [-0.25, -0.2) is 10.8 Å². The number of nitrogens with two attached hydrogens (primary N) is 4. The predicted octanol–water partition coefficient (Wildman–Crippen LogP) is -0.538. The lowest BCUT2D eigenvalue weighted by molar-refractivity contribution is 0.112. The van der Waals surface area contributed by atoms with E-state index in [1.54, 1.807) is 12.1 Å². The first-order valence-electron chi connectivity index (χ1n) is 5.82. The minimum atomic E-state index is 0.109. The molecule has 0 radical (unpaired) electrons. The summed E-state index contributed by atoms with van der Waals surface area (Å²) in [5, 5.41) is 4.59. The Labute approximate surface area is 120 Å². The van der Waals surface area contributed by atoms with E-state index in [1.807, 2.05) is 0 Å². The Morgan fingerprint density at radius 3 is 2.57 bits per heavy atom. The molecular formula is C12H14N8O. The number of nitrogens with zero attached hydrogens (tertiary/aromatic N) is 4. The first kappa shape index (κ1) is 14.2. The van der Waals surface area contributed by atoms with E-state index in [1.165, 1.54) is 23.5 Å². The van der Waals surface area contributed by atoms with Crippen LogP contribution in [-0.2, 0) is 0 Å². The lowest BCUT2D eigenvalue weighted by Crippen LogP contribution is -2.27. The van der Waals surface area contributed by atoms with Crippen LogP contribution in [0.1, 0.15) is 16.1 Å². The Balaban J connectivity index is 2.31. The molecule has 0 aliphatic rings. The first-order chi connectivity index (χ1) is 10.1. The molecular weight excluding hydrogens is 272 g/mol. The number of carbonyl (C=O) groups excluding carboxylic acids is 1. The first-order valence-corrected chi connectivity index (χ1v) is 5.82. The Bertz CT molecular complexity index is 682. The van der Waals surface area contributed by atoms with E-state index in [2.05, 4.69) is 15.1 Å². The highest BCUT2D eigenvalue weighted by Crippen LogP contribution is 2.25. The number of rotatable bonds is 4. The number of carbonyl (C=O) groups is 1. The van der Waals surface area contributed by atoms with Gasteiger partial charge in [0.15, 0.2) is 17.9 Å². The van der Waals surface area contributed by atoms with Crippen LogP contribution in [0.15, 0.2) is 35.7 Å². The van der Waals surface area contributed by atoms with E-state index in [-0.39, 0.29) is 11.5 Å². The summed E-state index contributed by atoms with van der Waals surface area (Å²) >= 11 is 0. The molecule has 0 aliphatic heterocycles. The summed E-state index contributed by atoms with van der Waals surface area (Å²) in [5.74, 6) is 11.4. The summed E-state index contributed by atoms with van der Waals surface area (Å²) in [5.41, 5.74) is 12.9. The van der Waals surface area contributed by atoms with E-state index >= 15 is 0 Å². The monoisotopic (exact) mass is 286 g/mol. The van der Waals surface area contributed by atoms with Crippen LogP contribution in [0, 0.1) is 0 Å². The number of pyridine rings is 2. The Hall–Kier alpha value is -3.20. The fourth-order valence-corrected chi connectivity index (χ4v) is 1.63. The second-order valence-corrected chi connectivity index (χ2v) is 4.09. The van der Waals surface area contributed by atoms with Gasteiger partial charge in [-0.1, -0.05) is 0 Å². The molecule has 0 bridgehead atoms. The van der Waals surface area contributed by atoms with Gasteiger partial charge in [-0.2, -0.15) is 5.10 Å². The minimum Gasteiger partial charge on any atom is -0.396 e. The molecule has 108 valence electrons. The van der Waals surface area contributed by atoms with Gasteiger partial charge in [0.2, 0.25) is 0 Å². The van der Waals surface area contributed by atoms with Crippen LogP contribution in [0.3, 0.4) is 0 Å². The number of hydrogen-bond acceptors (Lipinski definition) is 8. The molecule has 9 nitrogen and oxygen atoms in total. The molecule has 2 aromatic rings. The second-order valence-electron chi connectivity index (χ2n) is 4.09. The zero-order valence-corrected chi connectivity index (χ0v) is 11.0. The molecule has 0 amide bonds. The van der Waals surface area contributed by atoms with Crippen LogP contribution in [0.2, 0.25) is 0 Å². The van der Waals surface area contributed by atoms with Gasteiger partial charge in [0.05, 0.1) is 17.6 Å². The topological polar surface area (TPSA) is 163 Å². The number of hydrazine groups is 1. The molecule has 0 aliphatic carbocycles. The van der Waals surface area contributed by atoms with Gasteiger partial charge in [0.25, 0.3) is 0 Å². The standard InChI is InChI=1S/C12H14N8O/c13-9-3-7(6-21)4-18-12(9)20(16)8-1-2-10(17-5-8)11(14)19-15/h1-6H,13,15-16H2,(H2,14,19). The zero-order chi connectivity index (χ0) is 15.4. The van der Waals surface area contributed by atoms with Crippen molar-refractivity contribution >= 4 is 29.3 Å². The van der Waals surface area contributed by atoms with Crippen LogP contribution in [0.25, 0.3) is 0 Å². The molecule has 21 heavy (non-hydrogen) atoms. The number of aromatic nitrogens is 2. The van der Waals surface area contributed by atoms with Crippen LogP contribution >= 0.6 is 0 Å². The van der Waals surface area contributed by atoms with E-state index in [0.717, 1.165) is 0 Å². The molecule has 9 heteroatoms. The molecule has 8 N–H and O–H groups in total. The second kappa shape index (κ2) is 5.84. The molecule has 0 fully saturated rings. The maximum absolute atomic E-state index is 10.7. The number of hydrogen-bond donors (Lipinski definition) is 4. The number of anilines is 3. The molecule has 0 atom stereocenters. The third-order valence-corrected chi connectivity index (χ3v) is 2.71. The van der Waals surface area contributed by atoms with E-state index in [9.17, 15) is 4.79 Å². The van der Waals surface area contributed by atoms with Crippen molar-refractivity contribution in [2.75, 3.05) is 10.7 Å². The fraction of sp³-hybridized carbons (Fsp3) is 0. The van der Waals surface area contributed by atoms with Crippen LogP contribution in [-0.4, -0.2) is 22.1 Å². The van der Waals surface area contributed by atoms with Crippen molar-refractivity contribution in [2.24, 2.45) is 22.5 Å². The van der Waals surface area contributed by atoms with Crippen LogP contribution < -0.4 is 28.2 Å². The zero-order valence-electron chi connectivity index (χ0n) is 11.0. The third-order valence-electron chi connectivity index (χ3n) is 2.71.